The largest absolute Gasteiger partial charge is 0.465 e. The lowest BCUT2D eigenvalue weighted by Gasteiger charge is -2.38. The second kappa shape index (κ2) is 9.69. The fourth-order valence-corrected chi connectivity index (χ4v) is 3.23. The van der Waals surface area contributed by atoms with Crippen LogP contribution in [0.4, 0.5) is 0 Å². The zero-order valence-corrected chi connectivity index (χ0v) is 16.3. The highest BCUT2D eigenvalue weighted by Gasteiger charge is 2.25. The van der Waals surface area contributed by atoms with Crippen LogP contribution in [0.3, 0.4) is 0 Å². The van der Waals surface area contributed by atoms with E-state index in [1.165, 1.54) is 7.11 Å². The van der Waals surface area contributed by atoms with Gasteiger partial charge in [-0.05, 0) is 30.5 Å². The van der Waals surface area contributed by atoms with Crippen LogP contribution in [0.15, 0.2) is 24.3 Å². The Balaban J connectivity index is 1.78. The molecule has 1 N–H and O–H groups in total. The number of piperazine rings is 1. The van der Waals surface area contributed by atoms with Crippen LogP contribution in [0.2, 0.25) is 0 Å². The summed E-state index contributed by atoms with van der Waals surface area (Å²) in [5.74, 6) is 0.359. The van der Waals surface area contributed by atoms with Gasteiger partial charge < -0.3 is 15.0 Å². The molecule has 1 amide bonds. The second-order valence-corrected chi connectivity index (χ2v) is 7.31. The van der Waals surface area contributed by atoms with E-state index in [4.69, 9.17) is 0 Å². The number of esters is 1. The third-order valence-corrected chi connectivity index (χ3v) is 4.80. The SMILES string of the molecule is COC(=O)c1ccc(CNC(=O)C(C)N2CCN(CC(C)C)CC2)cc1. The summed E-state index contributed by atoms with van der Waals surface area (Å²) in [7, 11) is 1.36. The van der Waals surface area contributed by atoms with E-state index in [9.17, 15) is 9.59 Å². The van der Waals surface area contributed by atoms with Gasteiger partial charge in [0.1, 0.15) is 0 Å². The summed E-state index contributed by atoms with van der Waals surface area (Å²) in [6.45, 7) is 11.9. The maximum atomic E-state index is 12.5. The Labute approximate surface area is 156 Å². The maximum absolute atomic E-state index is 12.5. The zero-order chi connectivity index (χ0) is 19.1. The highest BCUT2D eigenvalue weighted by molar-refractivity contribution is 5.89. The summed E-state index contributed by atoms with van der Waals surface area (Å²) >= 11 is 0. The Hall–Kier alpha value is -1.92. The minimum atomic E-state index is -0.356. The topological polar surface area (TPSA) is 61.9 Å². The van der Waals surface area contributed by atoms with Gasteiger partial charge >= 0.3 is 5.97 Å². The summed E-state index contributed by atoms with van der Waals surface area (Å²) in [5.41, 5.74) is 1.47. The molecule has 1 aromatic rings. The molecule has 0 aromatic heterocycles. The third kappa shape index (κ3) is 5.81. The molecule has 1 aliphatic heterocycles. The number of rotatable bonds is 7. The summed E-state index contributed by atoms with van der Waals surface area (Å²) in [6.07, 6.45) is 0. The fourth-order valence-electron chi connectivity index (χ4n) is 3.23. The van der Waals surface area contributed by atoms with Gasteiger partial charge in [-0.1, -0.05) is 26.0 Å². The van der Waals surface area contributed by atoms with Crippen LogP contribution < -0.4 is 5.32 Å². The molecular weight excluding hydrogens is 330 g/mol. The Morgan fingerprint density at radius 3 is 2.23 bits per heavy atom. The number of nitrogens with zero attached hydrogens (tertiary/aromatic N) is 2. The van der Waals surface area contributed by atoms with Crippen molar-refractivity contribution >= 4 is 11.9 Å². The lowest BCUT2D eigenvalue weighted by Crippen LogP contribution is -2.54. The molecule has 1 unspecified atom stereocenters. The molecule has 2 rings (SSSR count). The quantitative estimate of drug-likeness (QED) is 0.750. The first kappa shape index (κ1) is 20.4. The van der Waals surface area contributed by atoms with Gasteiger partial charge in [0.05, 0.1) is 18.7 Å². The van der Waals surface area contributed by atoms with Crippen molar-refractivity contribution in [3.63, 3.8) is 0 Å². The van der Waals surface area contributed by atoms with Gasteiger partial charge in [0.2, 0.25) is 5.91 Å². The van der Waals surface area contributed by atoms with Crippen LogP contribution in [-0.2, 0) is 16.1 Å². The van der Waals surface area contributed by atoms with E-state index in [0.29, 0.717) is 18.0 Å². The molecule has 0 spiro atoms. The molecule has 0 bridgehead atoms. The van der Waals surface area contributed by atoms with Crippen molar-refractivity contribution in [2.75, 3.05) is 39.8 Å². The summed E-state index contributed by atoms with van der Waals surface area (Å²) in [6, 6.07) is 6.96. The highest BCUT2D eigenvalue weighted by atomic mass is 16.5. The van der Waals surface area contributed by atoms with Gasteiger partial charge in [0.15, 0.2) is 0 Å². The smallest absolute Gasteiger partial charge is 0.337 e. The van der Waals surface area contributed by atoms with E-state index < -0.39 is 0 Å². The van der Waals surface area contributed by atoms with Crippen LogP contribution in [-0.4, -0.2) is 67.6 Å². The molecule has 26 heavy (non-hydrogen) atoms. The normalized spacial score (nSPS) is 17.1. The Morgan fingerprint density at radius 1 is 1.08 bits per heavy atom. The molecule has 1 atom stereocenters. The number of hydrogen-bond donors (Lipinski definition) is 1. The average Bonchev–Trinajstić information content (AvgIpc) is 2.65. The Bertz CT molecular complexity index is 593. The predicted octanol–water partition coefficient (Wildman–Crippen LogP) is 1.75. The van der Waals surface area contributed by atoms with Crippen molar-refractivity contribution in [1.29, 1.82) is 0 Å². The minimum Gasteiger partial charge on any atom is -0.465 e. The van der Waals surface area contributed by atoms with Crippen LogP contribution in [0.1, 0.15) is 36.7 Å². The van der Waals surface area contributed by atoms with E-state index in [-0.39, 0.29) is 17.9 Å². The predicted molar refractivity (Wildman–Crippen MR) is 102 cm³/mol. The summed E-state index contributed by atoms with van der Waals surface area (Å²) in [5, 5.41) is 2.99. The number of benzene rings is 1. The summed E-state index contributed by atoms with van der Waals surface area (Å²) < 4.78 is 4.68. The Kier molecular flexibility index (Phi) is 7.60. The zero-order valence-electron chi connectivity index (χ0n) is 16.3. The molecule has 1 saturated heterocycles. The second-order valence-electron chi connectivity index (χ2n) is 7.31. The van der Waals surface area contributed by atoms with Gasteiger partial charge in [-0.15, -0.1) is 0 Å². The van der Waals surface area contributed by atoms with Crippen molar-refractivity contribution in [3.8, 4) is 0 Å². The standard InChI is InChI=1S/C20H31N3O3/c1-15(2)14-22-9-11-23(12-10-22)16(3)19(24)21-13-17-5-7-18(8-6-17)20(25)26-4/h5-8,15-16H,9-14H2,1-4H3,(H,21,24). The number of carbonyl (C=O) groups excluding carboxylic acids is 2. The number of amides is 1. The molecule has 0 saturated carbocycles. The van der Waals surface area contributed by atoms with Crippen molar-refractivity contribution in [2.45, 2.75) is 33.4 Å². The molecular formula is C20H31N3O3. The van der Waals surface area contributed by atoms with E-state index in [2.05, 4.69) is 33.7 Å². The average molecular weight is 361 g/mol. The van der Waals surface area contributed by atoms with Gasteiger partial charge in [-0.2, -0.15) is 0 Å². The molecule has 1 heterocycles. The van der Waals surface area contributed by atoms with Crippen LogP contribution >= 0.6 is 0 Å². The van der Waals surface area contributed by atoms with Gasteiger partial charge in [0.25, 0.3) is 0 Å². The van der Waals surface area contributed by atoms with E-state index >= 15 is 0 Å². The molecule has 0 aliphatic carbocycles. The Morgan fingerprint density at radius 2 is 1.69 bits per heavy atom. The van der Waals surface area contributed by atoms with Crippen molar-refractivity contribution in [2.24, 2.45) is 5.92 Å². The van der Waals surface area contributed by atoms with Crippen LogP contribution in [0.25, 0.3) is 0 Å². The minimum absolute atomic E-state index is 0.0411. The molecule has 0 radical (unpaired) electrons. The van der Waals surface area contributed by atoms with Crippen molar-refractivity contribution in [1.82, 2.24) is 15.1 Å². The molecule has 144 valence electrons. The number of hydrogen-bond acceptors (Lipinski definition) is 5. The number of nitrogens with one attached hydrogen (secondary N) is 1. The van der Waals surface area contributed by atoms with Crippen LogP contribution in [0.5, 0.6) is 0 Å². The van der Waals surface area contributed by atoms with Gasteiger partial charge in [-0.25, -0.2) is 4.79 Å². The first-order valence-corrected chi connectivity index (χ1v) is 9.32. The number of methoxy groups -OCH3 is 1. The molecule has 1 fully saturated rings. The molecule has 6 heteroatoms. The van der Waals surface area contributed by atoms with Crippen molar-refractivity contribution in [3.05, 3.63) is 35.4 Å². The fraction of sp³-hybridized carbons (Fsp3) is 0.600. The lowest BCUT2D eigenvalue weighted by molar-refractivity contribution is -0.126. The summed E-state index contributed by atoms with van der Waals surface area (Å²) in [4.78, 5) is 28.6. The van der Waals surface area contributed by atoms with Crippen LogP contribution in [0, 0.1) is 5.92 Å². The highest BCUT2D eigenvalue weighted by Crippen LogP contribution is 2.10. The van der Waals surface area contributed by atoms with E-state index in [0.717, 1.165) is 38.3 Å². The first-order valence-electron chi connectivity index (χ1n) is 9.32. The number of carbonyl (C=O) groups is 2. The monoisotopic (exact) mass is 361 g/mol. The third-order valence-electron chi connectivity index (χ3n) is 4.80. The van der Waals surface area contributed by atoms with Gasteiger partial charge in [-0.3, -0.25) is 9.69 Å². The first-order chi connectivity index (χ1) is 12.4. The number of ether oxygens (including phenoxy) is 1. The molecule has 6 nitrogen and oxygen atoms in total. The van der Waals surface area contributed by atoms with Crippen molar-refractivity contribution < 1.29 is 14.3 Å². The maximum Gasteiger partial charge on any atom is 0.337 e. The lowest BCUT2D eigenvalue weighted by atomic mass is 10.1. The van der Waals surface area contributed by atoms with Gasteiger partial charge in [0, 0.05) is 39.3 Å². The van der Waals surface area contributed by atoms with E-state index in [1.807, 2.05) is 19.1 Å². The molecule has 1 aliphatic rings. The van der Waals surface area contributed by atoms with E-state index in [1.54, 1.807) is 12.1 Å². The molecule has 1 aromatic carbocycles.